The maximum Gasteiger partial charge on any atom is 0.244 e. The van der Waals surface area contributed by atoms with Gasteiger partial charge in [-0.2, -0.15) is 0 Å². The Hall–Kier alpha value is -3.07. The molecule has 0 bridgehead atoms. The lowest BCUT2D eigenvalue weighted by molar-refractivity contribution is -0.140. The van der Waals surface area contributed by atoms with Crippen LogP contribution in [-0.4, -0.2) is 57.1 Å². The Labute approximate surface area is 233 Å². The van der Waals surface area contributed by atoms with Gasteiger partial charge in [-0.15, -0.1) is 0 Å². The highest BCUT2D eigenvalue weighted by Gasteiger charge is 2.33. The molecule has 1 fully saturated rings. The molecule has 1 atom stereocenters. The van der Waals surface area contributed by atoms with Crippen molar-refractivity contribution in [3.05, 3.63) is 59.7 Å². The second kappa shape index (κ2) is 13.8. The van der Waals surface area contributed by atoms with Crippen LogP contribution in [0, 0.1) is 0 Å². The van der Waals surface area contributed by atoms with Crippen molar-refractivity contribution in [2.75, 3.05) is 24.2 Å². The maximum absolute atomic E-state index is 14.0. The number of anilines is 1. The minimum absolute atomic E-state index is 0.0561. The SMILES string of the molecule is CC[C@@H](C(=O)NC1CCCCC1)N(Cc1ccc(OC)cc1)C(=O)CN(c1ccccc1C(C)C)S(C)(=O)=O. The third-order valence-electron chi connectivity index (χ3n) is 7.36. The molecule has 1 N–H and O–H groups in total. The molecule has 0 heterocycles. The Morgan fingerprint density at radius 1 is 1.03 bits per heavy atom. The molecule has 0 aromatic heterocycles. The van der Waals surface area contributed by atoms with Gasteiger partial charge < -0.3 is 15.0 Å². The van der Waals surface area contributed by atoms with Crippen LogP contribution < -0.4 is 14.4 Å². The largest absolute Gasteiger partial charge is 0.497 e. The van der Waals surface area contributed by atoms with Gasteiger partial charge in [-0.05, 0) is 54.5 Å². The van der Waals surface area contributed by atoms with E-state index in [-0.39, 0.29) is 24.4 Å². The van der Waals surface area contributed by atoms with Gasteiger partial charge in [0.25, 0.3) is 0 Å². The summed E-state index contributed by atoms with van der Waals surface area (Å²) >= 11 is 0. The highest BCUT2D eigenvalue weighted by molar-refractivity contribution is 7.92. The van der Waals surface area contributed by atoms with Gasteiger partial charge in [0.15, 0.2) is 0 Å². The van der Waals surface area contributed by atoms with Crippen LogP contribution in [0.2, 0.25) is 0 Å². The molecule has 2 amide bonds. The molecule has 2 aromatic carbocycles. The van der Waals surface area contributed by atoms with Crippen LogP contribution in [0.5, 0.6) is 5.75 Å². The molecule has 0 spiro atoms. The Balaban J connectivity index is 1.95. The lowest BCUT2D eigenvalue weighted by Gasteiger charge is -2.34. The second-order valence-electron chi connectivity index (χ2n) is 10.6. The van der Waals surface area contributed by atoms with Gasteiger partial charge in [-0.1, -0.05) is 70.4 Å². The summed E-state index contributed by atoms with van der Waals surface area (Å²) in [7, 11) is -2.21. The van der Waals surface area contributed by atoms with Crippen molar-refractivity contribution in [2.24, 2.45) is 0 Å². The minimum atomic E-state index is -3.79. The number of para-hydroxylation sites is 1. The number of hydrogen-bond acceptors (Lipinski definition) is 5. The highest BCUT2D eigenvalue weighted by atomic mass is 32.2. The first-order valence-electron chi connectivity index (χ1n) is 13.8. The number of carbonyl (C=O) groups excluding carboxylic acids is 2. The molecule has 0 aliphatic heterocycles. The van der Waals surface area contributed by atoms with Gasteiger partial charge in [-0.3, -0.25) is 13.9 Å². The molecule has 1 saturated carbocycles. The number of sulfonamides is 1. The van der Waals surface area contributed by atoms with E-state index in [1.807, 2.05) is 57.2 Å². The summed E-state index contributed by atoms with van der Waals surface area (Å²) in [6, 6.07) is 13.9. The van der Waals surface area contributed by atoms with Crippen LogP contribution >= 0.6 is 0 Å². The smallest absolute Gasteiger partial charge is 0.244 e. The molecule has 3 rings (SSSR count). The van der Waals surface area contributed by atoms with Crippen LogP contribution in [-0.2, 0) is 26.2 Å². The molecule has 9 heteroatoms. The average Bonchev–Trinajstić information content (AvgIpc) is 2.91. The summed E-state index contributed by atoms with van der Waals surface area (Å²) in [4.78, 5) is 29.0. The van der Waals surface area contributed by atoms with Crippen LogP contribution in [0.3, 0.4) is 0 Å². The zero-order valence-electron chi connectivity index (χ0n) is 23.9. The molecule has 0 saturated heterocycles. The Kier molecular flexibility index (Phi) is 10.8. The summed E-state index contributed by atoms with van der Waals surface area (Å²) in [6.45, 7) is 5.62. The lowest BCUT2D eigenvalue weighted by atomic mass is 9.95. The van der Waals surface area contributed by atoms with Crippen molar-refractivity contribution in [3.63, 3.8) is 0 Å². The predicted molar refractivity (Wildman–Crippen MR) is 155 cm³/mol. The fourth-order valence-corrected chi connectivity index (χ4v) is 6.06. The van der Waals surface area contributed by atoms with Gasteiger partial charge in [0, 0.05) is 12.6 Å². The molecular weight excluding hydrogens is 514 g/mol. The van der Waals surface area contributed by atoms with E-state index >= 15 is 0 Å². The number of methoxy groups -OCH3 is 1. The fraction of sp³-hybridized carbons (Fsp3) is 0.533. The van der Waals surface area contributed by atoms with E-state index in [0.29, 0.717) is 17.9 Å². The molecule has 214 valence electrons. The maximum atomic E-state index is 14.0. The Morgan fingerprint density at radius 2 is 1.67 bits per heavy atom. The highest BCUT2D eigenvalue weighted by Crippen LogP contribution is 2.29. The molecule has 8 nitrogen and oxygen atoms in total. The number of nitrogens with one attached hydrogen (secondary N) is 1. The van der Waals surface area contributed by atoms with Crippen molar-refractivity contribution in [3.8, 4) is 5.75 Å². The second-order valence-corrected chi connectivity index (χ2v) is 12.5. The van der Waals surface area contributed by atoms with E-state index in [0.717, 1.165) is 47.4 Å². The number of nitrogens with zero attached hydrogens (tertiary/aromatic N) is 2. The third kappa shape index (κ3) is 8.21. The number of hydrogen-bond donors (Lipinski definition) is 1. The quantitative estimate of drug-likeness (QED) is 0.403. The molecule has 0 unspecified atom stereocenters. The van der Waals surface area contributed by atoms with Crippen LogP contribution in [0.1, 0.15) is 76.3 Å². The number of amides is 2. The van der Waals surface area contributed by atoms with Crippen molar-refractivity contribution < 1.29 is 22.7 Å². The molecule has 39 heavy (non-hydrogen) atoms. The molecule has 1 aliphatic carbocycles. The van der Waals surface area contributed by atoms with Gasteiger partial charge >= 0.3 is 0 Å². The van der Waals surface area contributed by atoms with Crippen molar-refractivity contribution in [1.82, 2.24) is 10.2 Å². The van der Waals surface area contributed by atoms with Crippen molar-refractivity contribution in [1.29, 1.82) is 0 Å². The van der Waals surface area contributed by atoms with Gasteiger partial charge in [-0.25, -0.2) is 8.42 Å². The van der Waals surface area contributed by atoms with E-state index in [4.69, 9.17) is 4.74 Å². The fourth-order valence-electron chi connectivity index (χ4n) is 5.19. The summed E-state index contributed by atoms with van der Waals surface area (Å²) in [5.74, 6) is 0.119. The van der Waals surface area contributed by atoms with Gasteiger partial charge in [0.1, 0.15) is 18.3 Å². The summed E-state index contributed by atoms with van der Waals surface area (Å²) in [6.07, 6.45) is 6.71. The molecule has 2 aromatic rings. The molecular formula is C30H43N3O5S. The average molecular weight is 558 g/mol. The van der Waals surface area contributed by atoms with Crippen LogP contribution in [0.4, 0.5) is 5.69 Å². The lowest BCUT2D eigenvalue weighted by Crippen LogP contribution is -2.54. The third-order valence-corrected chi connectivity index (χ3v) is 8.48. The van der Waals surface area contributed by atoms with E-state index in [1.165, 1.54) is 11.3 Å². The van der Waals surface area contributed by atoms with E-state index in [1.54, 1.807) is 19.2 Å². The molecule has 1 aliphatic rings. The zero-order chi connectivity index (χ0) is 28.6. The first-order valence-corrected chi connectivity index (χ1v) is 15.7. The monoisotopic (exact) mass is 557 g/mol. The van der Waals surface area contributed by atoms with Crippen LogP contribution in [0.25, 0.3) is 0 Å². The summed E-state index contributed by atoms with van der Waals surface area (Å²) in [5.41, 5.74) is 2.13. The minimum Gasteiger partial charge on any atom is -0.497 e. The molecule has 0 radical (unpaired) electrons. The Bertz CT molecular complexity index is 1210. The normalized spacial score (nSPS) is 15.0. The summed E-state index contributed by atoms with van der Waals surface area (Å²) < 4.78 is 32.4. The first-order chi connectivity index (χ1) is 18.5. The first kappa shape index (κ1) is 30.5. The van der Waals surface area contributed by atoms with Crippen molar-refractivity contribution >= 4 is 27.5 Å². The van der Waals surface area contributed by atoms with Gasteiger partial charge in [0.05, 0.1) is 19.1 Å². The van der Waals surface area contributed by atoms with Crippen LogP contribution in [0.15, 0.2) is 48.5 Å². The number of rotatable bonds is 12. The zero-order valence-corrected chi connectivity index (χ0v) is 24.7. The van der Waals surface area contributed by atoms with E-state index < -0.39 is 28.5 Å². The summed E-state index contributed by atoms with van der Waals surface area (Å²) in [5, 5.41) is 3.16. The standard InChI is InChI=1S/C30H43N3O5S/c1-6-27(30(35)31-24-12-8-7-9-13-24)32(20-23-16-18-25(38-4)19-17-23)29(34)21-33(39(5,36)37)28-15-11-10-14-26(28)22(2)3/h10-11,14-19,22,24,27H,6-9,12-13,20-21H2,1-5H3,(H,31,35)/t27-/m0/s1. The van der Waals surface area contributed by atoms with Gasteiger partial charge in [0.2, 0.25) is 21.8 Å². The van der Waals surface area contributed by atoms with E-state index in [9.17, 15) is 18.0 Å². The van der Waals surface area contributed by atoms with Crippen molar-refractivity contribution in [2.45, 2.75) is 83.8 Å². The predicted octanol–water partition coefficient (Wildman–Crippen LogP) is 4.84. The Morgan fingerprint density at radius 3 is 2.23 bits per heavy atom. The number of carbonyl (C=O) groups is 2. The number of ether oxygens (including phenoxy) is 1. The number of benzene rings is 2. The topological polar surface area (TPSA) is 96.0 Å². The van der Waals surface area contributed by atoms with E-state index in [2.05, 4.69) is 5.32 Å².